The summed E-state index contributed by atoms with van der Waals surface area (Å²) < 4.78 is 0.653. The Bertz CT molecular complexity index is 548. The number of carbonyl (C=O) groups is 3. The van der Waals surface area contributed by atoms with E-state index in [1.807, 2.05) is 0 Å². The monoisotopic (exact) mass is 343 g/mol. The highest BCUT2D eigenvalue weighted by atomic mass is 79.9. The quantitative estimate of drug-likeness (QED) is 0.845. The zero-order valence-electron chi connectivity index (χ0n) is 9.71. The Morgan fingerprint density at radius 2 is 2.11 bits per heavy atom. The van der Waals surface area contributed by atoms with E-state index in [2.05, 4.69) is 15.9 Å². The molecule has 0 unspecified atom stereocenters. The lowest BCUT2D eigenvalue weighted by atomic mass is 10.3. The number of nitrogens with zero attached hydrogens (tertiary/aromatic N) is 1. The van der Waals surface area contributed by atoms with Crippen molar-refractivity contribution in [2.24, 2.45) is 0 Å². The molecule has 100 valence electrons. The molecule has 1 aromatic carbocycles. The van der Waals surface area contributed by atoms with Gasteiger partial charge in [-0.1, -0.05) is 12.1 Å². The van der Waals surface area contributed by atoms with Gasteiger partial charge in [-0.25, -0.2) is 4.90 Å². The number of benzene rings is 1. The molecule has 19 heavy (non-hydrogen) atoms. The SMILES string of the molecule is O=C(O)CS[C@H]1CC(=O)N(c2ccccc2Br)C1=O. The zero-order chi connectivity index (χ0) is 14.0. The highest BCUT2D eigenvalue weighted by molar-refractivity contribution is 9.10. The Hall–Kier alpha value is -1.34. The number of para-hydroxylation sites is 1. The van der Waals surface area contributed by atoms with Crippen molar-refractivity contribution in [1.29, 1.82) is 0 Å². The highest BCUT2D eigenvalue weighted by Gasteiger charge is 2.40. The molecule has 0 bridgehead atoms. The molecule has 1 heterocycles. The Balaban J connectivity index is 2.19. The van der Waals surface area contributed by atoms with Gasteiger partial charge < -0.3 is 5.11 Å². The van der Waals surface area contributed by atoms with Gasteiger partial charge in [0.1, 0.15) is 0 Å². The minimum atomic E-state index is -0.996. The molecule has 1 aliphatic heterocycles. The smallest absolute Gasteiger partial charge is 0.313 e. The number of aliphatic carboxylic acids is 1. The van der Waals surface area contributed by atoms with Gasteiger partial charge in [0.2, 0.25) is 11.8 Å². The Kier molecular flexibility index (Phi) is 4.26. The van der Waals surface area contributed by atoms with Crippen molar-refractivity contribution < 1.29 is 19.5 Å². The number of thioether (sulfide) groups is 1. The van der Waals surface area contributed by atoms with Crippen molar-refractivity contribution in [3.05, 3.63) is 28.7 Å². The Morgan fingerprint density at radius 1 is 1.42 bits per heavy atom. The van der Waals surface area contributed by atoms with E-state index in [9.17, 15) is 14.4 Å². The second kappa shape index (κ2) is 5.75. The molecule has 1 aromatic rings. The topological polar surface area (TPSA) is 74.7 Å². The lowest BCUT2D eigenvalue weighted by Crippen LogP contribution is -2.31. The molecule has 2 amide bonds. The van der Waals surface area contributed by atoms with Gasteiger partial charge >= 0.3 is 5.97 Å². The normalized spacial score (nSPS) is 19.0. The van der Waals surface area contributed by atoms with Crippen LogP contribution in [0, 0.1) is 0 Å². The zero-order valence-corrected chi connectivity index (χ0v) is 12.1. The first-order valence-electron chi connectivity index (χ1n) is 5.45. The molecular weight excluding hydrogens is 334 g/mol. The van der Waals surface area contributed by atoms with Crippen LogP contribution < -0.4 is 4.90 Å². The number of hydrogen-bond acceptors (Lipinski definition) is 4. The third-order valence-corrected chi connectivity index (χ3v) is 4.46. The highest BCUT2D eigenvalue weighted by Crippen LogP contribution is 2.33. The van der Waals surface area contributed by atoms with Crippen molar-refractivity contribution in [3.8, 4) is 0 Å². The molecule has 1 aliphatic rings. The van der Waals surface area contributed by atoms with Crippen LogP contribution in [0.1, 0.15) is 6.42 Å². The second-order valence-corrected chi connectivity index (χ2v) is 5.96. The van der Waals surface area contributed by atoms with Gasteiger partial charge in [0.25, 0.3) is 0 Å². The average molecular weight is 344 g/mol. The number of carboxylic acids is 1. The summed E-state index contributed by atoms with van der Waals surface area (Å²) in [6, 6.07) is 6.94. The molecule has 1 N–H and O–H groups in total. The number of halogens is 1. The van der Waals surface area contributed by atoms with Gasteiger partial charge in [0.05, 0.1) is 16.7 Å². The predicted octanol–water partition coefficient (Wildman–Crippen LogP) is 1.90. The van der Waals surface area contributed by atoms with Crippen LogP contribution in [0.2, 0.25) is 0 Å². The molecule has 0 radical (unpaired) electrons. The molecular formula is C12H10BrNO4S. The fourth-order valence-corrected chi connectivity index (χ4v) is 3.11. The van der Waals surface area contributed by atoms with Gasteiger partial charge in [-0.15, -0.1) is 11.8 Å². The van der Waals surface area contributed by atoms with Crippen LogP contribution in [-0.4, -0.2) is 33.9 Å². The van der Waals surface area contributed by atoms with E-state index in [0.29, 0.717) is 10.2 Å². The molecule has 0 aliphatic carbocycles. The summed E-state index contributed by atoms with van der Waals surface area (Å²) in [6.07, 6.45) is 0.0398. The Labute approximate surface area is 122 Å². The lowest BCUT2D eigenvalue weighted by Gasteiger charge is -2.16. The maximum absolute atomic E-state index is 12.2. The summed E-state index contributed by atoms with van der Waals surface area (Å²) in [6.45, 7) is 0. The largest absolute Gasteiger partial charge is 0.481 e. The molecule has 5 nitrogen and oxygen atoms in total. The van der Waals surface area contributed by atoms with Gasteiger partial charge in [-0.05, 0) is 28.1 Å². The van der Waals surface area contributed by atoms with Crippen LogP contribution in [0.25, 0.3) is 0 Å². The third kappa shape index (κ3) is 2.98. The van der Waals surface area contributed by atoms with Crippen LogP contribution in [0.5, 0.6) is 0 Å². The van der Waals surface area contributed by atoms with E-state index in [-0.39, 0.29) is 24.0 Å². The van der Waals surface area contributed by atoms with E-state index < -0.39 is 11.2 Å². The molecule has 7 heteroatoms. The van der Waals surface area contributed by atoms with E-state index >= 15 is 0 Å². The van der Waals surface area contributed by atoms with E-state index in [1.165, 1.54) is 0 Å². The van der Waals surface area contributed by atoms with Gasteiger partial charge in [-0.3, -0.25) is 14.4 Å². The summed E-state index contributed by atoms with van der Waals surface area (Å²) in [5.74, 6) is -1.85. The van der Waals surface area contributed by atoms with Gasteiger partial charge in [-0.2, -0.15) is 0 Å². The maximum Gasteiger partial charge on any atom is 0.313 e. The fraction of sp³-hybridized carbons (Fsp3) is 0.250. The van der Waals surface area contributed by atoms with Crippen LogP contribution >= 0.6 is 27.7 Å². The average Bonchev–Trinajstić information content (AvgIpc) is 2.63. The van der Waals surface area contributed by atoms with Crippen LogP contribution in [0.15, 0.2) is 28.7 Å². The third-order valence-electron chi connectivity index (χ3n) is 2.61. The van der Waals surface area contributed by atoms with Crippen molar-refractivity contribution in [3.63, 3.8) is 0 Å². The lowest BCUT2D eigenvalue weighted by molar-refractivity contribution is -0.134. The van der Waals surface area contributed by atoms with Crippen LogP contribution in [0.4, 0.5) is 5.69 Å². The van der Waals surface area contributed by atoms with Crippen LogP contribution in [0.3, 0.4) is 0 Å². The van der Waals surface area contributed by atoms with E-state index in [0.717, 1.165) is 16.7 Å². The maximum atomic E-state index is 12.2. The van der Waals surface area contributed by atoms with E-state index in [1.54, 1.807) is 24.3 Å². The van der Waals surface area contributed by atoms with Crippen molar-refractivity contribution in [2.75, 3.05) is 10.7 Å². The van der Waals surface area contributed by atoms with Crippen molar-refractivity contribution >= 4 is 51.2 Å². The summed E-state index contributed by atoms with van der Waals surface area (Å²) in [4.78, 5) is 35.7. The van der Waals surface area contributed by atoms with Crippen molar-refractivity contribution in [2.45, 2.75) is 11.7 Å². The minimum Gasteiger partial charge on any atom is -0.481 e. The molecule has 0 saturated carbocycles. The van der Waals surface area contributed by atoms with Gasteiger partial charge in [0.15, 0.2) is 0 Å². The molecule has 0 aromatic heterocycles. The van der Waals surface area contributed by atoms with Gasteiger partial charge in [0, 0.05) is 10.9 Å². The fourth-order valence-electron chi connectivity index (χ4n) is 1.79. The second-order valence-electron chi connectivity index (χ2n) is 3.92. The first-order chi connectivity index (χ1) is 9.00. The molecule has 1 atom stereocenters. The minimum absolute atomic E-state index is 0.0398. The number of amides is 2. The molecule has 2 rings (SSSR count). The summed E-state index contributed by atoms with van der Waals surface area (Å²) >= 11 is 4.28. The Morgan fingerprint density at radius 3 is 2.74 bits per heavy atom. The van der Waals surface area contributed by atoms with Crippen LogP contribution in [-0.2, 0) is 14.4 Å². The first-order valence-corrected chi connectivity index (χ1v) is 7.29. The number of imide groups is 1. The number of carboxylic acid groups (broad SMARTS) is 1. The van der Waals surface area contributed by atoms with E-state index in [4.69, 9.17) is 5.11 Å². The molecule has 1 saturated heterocycles. The standard InChI is InChI=1S/C12H10BrNO4S/c13-7-3-1-2-4-8(7)14-10(15)5-9(12(14)18)19-6-11(16)17/h1-4,9H,5-6H2,(H,16,17)/t9-/m0/s1. The number of rotatable bonds is 4. The number of hydrogen-bond donors (Lipinski definition) is 1. The summed E-state index contributed by atoms with van der Waals surface area (Å²) in [5, 5.41) is 8.00. The summed E-state index contributed by atoms with van der Waals surface area (Å²) in [7, 11) is 0. The molecule has 1 fully saturated rings. The predicted molar refractivity (Wildman–Crippen MR) is 75.1 cm³/mol. The number of carbonyl (C=O) groups excluding carboxylic acids is 2. The first kappa shape index (κ1) is 14.1. The van der Waals surface area contributed by atoms with Crippen molar-refractivity contribution in [1.82, 2.24) is 0 Å². The molecule has 0 spiro atoms. The number of anilines is 1. The summed E-state index contributed by atoms with van der Waals surface area (Å²) in [5.41, 5.74) is 0.496.